The van der Waals surface area contributed by atoms with Crippen LogP contribution in [0.2, 0.25) is 0 Å². The number of rotatable bonds is 2. The van der Waals surface area contributed by atoms with Crippen LogP contribution in [0.25, 0.3) is 0 Å². The van der Waals surface area contributed by atoms with E-state index in [1.54, 1.807) is 6.92 Å². The van der Waals surface area contributed by atoms with E-state index in [-0.39, 0.29) is 6.42 Å². The standard InChI is InChI=1S/C11H14O8/c1-2-3-6-11(16)18-8(13)5-10(15,9(14)19-11)4-7(12)17-6/h6,15-16H,2-5H2,1H3. The zero-order valence-electron chi connectivity index (χ0n) is 10.2. The van der Waals surface area contributed by atoms with Gasteiger partial charge in [-0.1, -0.05) is 13.3 Å². The third-order valence-electron chi connectivity index (χ3n) is 2.98. The molecular weight excluding hydrogens is 260 g/mol. The van der Waals surface area contributed by atoms with Crippen molar-refractivity contribution < 1.29 is 38.8 Å². The fourth-order valence-corrected chi connectivity index (χ4v) is 2.04. The van der Waals surface area contributed by atoms with Crippen LogP contribution in [0.15, 0.2) is 0 Å². The molecule has 2 fully saturated rings. The lowest BCUT2D eigenvalue weighted by Crippen LogP contribution is -2.55. The molecule has 0 aromatic carbocycles. The molecule has 8 heteroatoms. The number of cyclic esters (lactones) is 1. The van der Waals surface area contributed by atoms with E-state index in [9.17, 15) is 24.6 Å². The number of aliphatic hydroxyl groups is 2. The van der Waals surface area contributed by atoms with Gasteiger partial charge in [0.05, 0.1) is 12.8 Å². The van der Waals surface area contributed by atoms with Crippen LogP contribution < -0.4 is 0 Å². The second-order valence-corrected chi connectivity index (χ2v) is 4.65. The molecule has 2 heterocycles. The fraction of sp³-hybridized carbons (Fsp3) is 0.727. The molecule has 0 aromatic rings. The number of fused-ring (bicyclic) bond motifs is 3. The van der Waals surface area contributed by atoms with Gasteiger partial charge in [-0.2, -0.15) is 0 Å². The van der Waals surface area contributed by atoms with E-state index >= 15 is 0 Å². The van der Waals surface area contributed by atoms with Crippen molar-refractivity contribution in [3.05, 3.63) is 0 Å². The van der Waals surface area contributed by atoms with Gasteiger partial charge in [-0.05, 0) is 6.42 Å². The molecule has 2 rings (SSSR count). The molecule has 3 unspecified atom stereocenters. The lowest BCUT2D eigenvalue weighted by atomic mass is 9.95. The van der Waals surface area contributed by atoms with E-state index in [0.717, 1.165) is 0 Å². The molecule has 2 aliphatic rings. The first-order chi connectivity index (χ1) is 8.79. The predicted octanol–water partition coefficient (Wildman–Crippen LogP) is -1.03. The molecule has 106 valence electrons. The molecule has 0 radical (unpaired) electrons. The summed E-state index contributed by atoms with van der Waals surface area (Å²) in [5.41, 5.74) is -2.37. The summed E-state index contributed by atoms with van der Waals surface area (Å²) in [4.78, 5) is 34.9. The normalized spacial score (nSPS) is 38.7. The van der Waals surface area contributed by atoms with E-state index in [0.29, 0.717) is 6.42 Å². The zero-order chi connectivity index (χ0) is 14.3. The van der Waals surface area contributed by atoms with Crippen molar-refractivity contribution in [3.63, 3.8) is 0 Å². The van der Waals surface area contributed by atoms with Crippen molar-refractivity contribution in [1.29, 1.82) is 0 Å². The molecule has 2 aliphatic heterocycles. The van der Waals surface area contributed by atoms with Crippen LogP contribution in [-0.2, 0) is 28.6 Å². The maximum atomic E-state index is 11.7. The second kappa shape index (κ2) is 4.46. The Morgan fingerprint density at radius 3 is 2.42 bits per heavy atom. The van der Waals surface area contributed by atoms with E-state index in [4.69, 9.17) is 4.74 Å². The second-order valence-electron chi connectivity index (χ2n) is 4.65. The monoisotopic (exact) mass is 274 g/mol. The summed E-state index contributed by atoms with van der Waals surface area (Å²) in [6.07, 6.45) is -2.21. The number of ether oxygens (including phenoxy) is 3. The van der Waals surface area contributed by atoms with Crippen molar-refractivity contribution >= 4 is 17.9 Å². The van der Waals surface area contributed by atoms with E-state index < -0.39 is 48.4 Å². The Morgan fingerprint density at radius 1 is 1.16 bits per heavy atom. The highest BCUT2D eigenvalue weighted by atomic mass is 16.9. The highest BCUT2D eigenvalue weighted by Crippen LogP contribution is 2.34. The van der Waals surface area contributed by atoms with Gasteiger partial charge in [0.25, 0.3) is 0 Å². The summed E-state index contributed by atoms with van der Waals surface area (Å²) in [6.45, 7) is 1.74. The molecule has 8 nitrogen and oxygen atoms in total. The molecule has 2 bridgehead atoms. The summed E-state index contributed by atoms with van der Waals surface area (Å²) in [7, 11) is 0. The van der Waals surface area contributed by atoms with Crippen molar-refractivity contribution in [3.8, 4) is 0 Å². The molecule has 3 atom stereocenters. The number of esters is 3. The minimum Gasteiger partial charge on any atom is -0.451 e. The van der Waals surface area contributed by atoms with Gasteiger partial charge in [-0.15, -0.1) is 0 Å². The first-order valence-corrected chi connectivity index (χ1v) is 5.88. The van der Waals surface area contributed by atoms with Gasteiger partial charge in [-0.3, -0.25) is 9.59 Å². The predicted molar refractivity (Wildman–Crippen MR) is 56.1 cm³/mol. The Balaban J connectivity index is 2.44. The summed E-state index contributed by atoms with van der Waals surface area (Å²) < 4.78 is 14.2. The molecule has 0 amide bonds. The van der Waals surface area contributed by atoms with Crippen molar-refractivity contribution in [1.82, 2.24) is 0 Å². The molecule has 0 spiro atoms. The van der Waals surface area contributed by atoms with Crippen LogP contribution in [0.3, 0.4) is 0 Å². The summed E-state index contributed by atoms with van der Waals surface area (Å²) in [6, 6.07) is 0. The van der Waals surface area contributed by atoms with Crippen LogP contribution >= 0.6 is 0 Å². The highest BCUT2D eigenvalue weighted by molar-refractivity contribution is 5.91. The first-order valence-electron chi connectivity index (χ1n) is 5.88. The van der Waals surface area contributed by atoms with Gasteiger partial charge >= 0.3 is 23.9 Å². The van der Waals surface area contributed by atoms with Crippen LogP contribution in [-0.4, -0.2) is 45.8 Å². The van der Waals surface area contributed by atoms with Crippen LogP contribution in [0, 0.1) is 0 Å². The maximum Gasteiger partial charge on any atom is 0.413 e. The van der Waals surface area contributed by atoms with Gasteiger partial charge in [0, 0.05) is 0 Å². The van der Waals surface area contributed by atoms with E-state index in [1.807, 2.05) is 0 Å². The quantitative estimate of drug-likeness (QED) is 0.613. The number of carbonyl (C=O) groups excluding carboxylic acids is 3. The number of carbonyl (C=O) groups is 3. The Morgan fingerprint density at radius 2 is 1.79 bits per heavy atom. The molecule has 0 aliphatic carbocycles. The fourth-order valence-electron chi connectivity index (χ4n) is 2.04. The van der Waals surface area contributed by atoms with Gasteiger partial charge < -0.3 is 24.4 Å². The molecular formula is C11H14O8. The number of hydrogen-bond acceptors (Lipinski definition) is 8. The Hall–Kier alpha value is -1.67. The van der Waals surface area contributed by atoms with Crippen LogP contribution in [0.5, 0.6) is 0 Å². The molecule has 2 saturated heterocycles. The zero-order valence-corrected chi connectivity index (χ0v) is 10.2. The van der Waals surface area contributed by atoms with Crippen molar-refractivity contribution in [2.24, 2.45) is 0 Å². The Bertz CT molecular complexity index is 432. The molecule has 2 N–H and O–H groups in total. The molecule has 0 saturated carbocycles. The minimum absolute atomic E-state index is 0.126. The average Bonchev–Trinajstić information content (AvgIpc) is 2.31. The summed E-state index contributed by atoms with van der Waals surface area (Å²) >= 11 is 0. The smallest absolute Gasteiger partial charge is 0.413 e. The van der Waals surface area contributed by atoms with Gasteiger partial charge in [-0.25, -0.2) is 4.79 Å². The minimum atomic E-state index is -2.69. The third kappa shape index (κ3) is 2.41. The number of hydrogen-bond donors (Lipinski definition) is 2. The first kappa shape index (κ1) is 13.8. The van der Waals surface area contributed by atoms with Crippen molar-refractivity contribution in [2.45, 2.75) is 50.3 Å². The Labute approximate surface area is 108 Å². The molecule has 19 heavy (non-hydrogen) atoms. The van der Waals surface area contributed by atoms with E-state index in [1.165, 1.54) is 0 Å². The summed E-state index contributed by atoms with van der Waals surface area (Å²) in [5, 5.41) is 20.0. The molecule has 0 aromatic heterocycles. The average molecular weight is 274 g/mol. The van der Waals surface area contributed by atoms with Crippen molar-refractivity contribution in [2.75, 3.05) is 0 Å². The van der Waals surface area contributed by atoms with Gasteiger partial charge in [0.2, 0.25) is 6.10 Å². The maximum absolute atomic E-state index is 11.7. The topological polar surface area (TPSA) is 119 Å². The third-order valence-corrected chi connectivity index (χ3v) is 2.98. The van der Waals surface area contributed by atoms with Crippen LogP contribution in [0.1, 0.15) is 32.6 Å². The SMILES string of the molecule is CCCC1OC(=O)CC2(O)CC(=O)OC1(O)OC2=O. The largest absolute Gasteiger partial charge is 0.451 e. The van der Waals surface area contributed by atoms with Gasteiger partial charge in [0.1, 0.15) is 0 Å². The van der Waals surface area contributed by atoms with Gasteiger partial charge in [0.15, 0.2) is 5.60 Å². The lowest BCUT2D eigenvalue weighted by molar-refractivity contribution is -0.363. The summed E-state index contributed by atoms with van der Waals surface area (Å²) in [5.74, 6) is -5.92. The lowest BCUT2D eigenvalue weighted by Gasteiger charge is -2.34. The Kier molecular flexibility index (Phi) is 3.23. The van der Waals surface area contributed by atoms with Crippen LogP contribution in [0.4, 0.5) is 0 Å². The van der Waals surface area contributed by atoms with E-state index in [2.05, 4.69) is 9.47 Å². The highest BCUT2D eigenvalue weighted by Gasteiger charge is 2.58.